The van der Waals surface area contributed by atoms with Crippen molar-refractivity contribution in [3.63, 3.8) is 0 Å². The molecule has 0 radical (unpaired) electrons. The minimum absolute atomic E-state index is 0.860. The molecule has 0 saturated carbocycles. The molecule has 0 bridgehead atoms. The summed E-state index contributed by atoms with van der Waals surface area (Å²) in [5.74, 6) is 0. The van der Waals surface area contributed by atoms with Crippen LogP contribution in [-0.4, -0.2) is 9.97 Å². The lowest BCUT2D eigenvalue weighted by atomic mass is 9.93. The Labute approximate surface area is 258 Å². The molecule has 208 valence electrons. The highest BCUT2D eigenvalue weighted by Crippen LogP contribution is 2.42. The average Bonchev–Trinajstić information content (AvgIpc) is 3.51. The molecule has 3 nitrogen and oxygen atoms in total. The second-order valence-corrected chi connectivity index (χ2v) is 11.7. The van der Waals surface area contributed by atoms with E-state index >= 15 is 0 Å². The van der Waals surface area contributed by atoms with Gasteiger partial charge in [-0.05, 0) is 43.9 Å². The van der Waals surface area contributed by atoms with Gasteiger partial charge in [0, 0.05) is 32.7 Å². The number of rotatable bonds is 2. The fraction of sp³-hybridized carbons (Fsp3) is 0. The van der Waals surface area contributed by atoms with E-state index in [4.69, 9.17) is 14.4 Å². The summed E-state index contributed by atoms with van der Waals surface area (Å²) in [6.07, 6.45) is 1.93. The largest absolute Gasteiger partial charge is 0.455 e. The topological polar surface area (TPSA) is 38.9 Å². The first-order valence-corrected chi connectivity index (χ1v) is 15.3. The van der Waals surface area contributed by atoms with E-state index in [0.717, 1.165) is 76.9 Å². The van der Waals surface area contributed by atoms with E-state index in [1.807, 2.05) is 6.20 Å². The lowest BCUT2D eigenvalue weighted by Gasteiger charge is -2.13. The van der Waals surface area contributed by atoms with Crippen LogP contribution in [0.15, 0.2) is 150 Å². The molecule has 8 aromatic carbocycles. The summed E-state index contributed by atoms with van der Waals surface area (Å²) < 4.78 is 6.61. The minimum atomic E-state index is 0.860. The van der Waals surface area contributed by atoms with Crippen LogP contribution in [0.4, 0.5) is 0 Å². The molecular formula is C42H24N2O. The first-order chi connectivity index (χ1) is 22.3. The second kappa shape index (κ2) is 9.22. The quantitative estimate of drug-likeness (QED) is 0.193. The molecule has 0 atom stereocenters. The summed E-state index contributed by atoms with van der Waals surface area (Å²) in [6.45, 7) is 0. The first-order valence-electron chi connectivity index (χ1n) is 15.3. The fourth-order valence-electron chi connectivity index (χ4n) is 7.30. The molecule has 0 spiro atoms. The highest BCUT2D eigenvalue weighted by molar-refractivity contribution is 6.24. The maximum Gasteiger partial charge on any atom is 0.143 e. The summed E-state index contributed by atoms with van der Waals surface area (Å²) in [7, 11) is 0. The molecule has 0 N–H and O–H groups in total. The molecule has 10 rings (SSSR count). The highest BCUT2D eigenvalue weighted by atomic mass is 16.3. The van der Waals surface area contributed by atoms with Crippen LogP contribution in [0.1, 0.15) is 0 Å². The summed E-state index contributed by atoms with van der Waals surface area (Å²) in [6, 6.07) is 49.2. The van der Waals surface area contributed by atoms with E-state index in [-0.39, 0.29) is 0 Å². The van der Waals surface area contributed by atoms with Gasteiger partial charge in [0.1, 0.15) is 11.2 Å². The molecule has 0 aliphatic heterocycles. The number of benzene rings is 8. The first kappa shape index (κ1) is 24.4. The Morgan fingerprint density at radius 1 is 0.400 bits per heavy atom. The third-order valence-corrected chi connectivity index (χ3v) is 9.30. The standard InChI is InChI=1S/C42H24N2O/c1-2-11-26-25(10-1)22-23-38-39(26)36-21-9-20-35(42(36)45-38)31-18-7-17-28-27(31)16-8-19-32(28)37-24-43-40-33-14-5-3-12-29(33)30-13-4-6-15-34(30)41(40)44-37/h1-24H. The number of furan rings is 1. The molecule has 0 saturated heterocycles. The Hall–Kier alpha value is -6.06. The summed E-state index contributed by atoms with van der Waals surface area (Å²) in [5, 5.41) is 11.6. The van der Waals surface area contributed by atoms with Crippen LogP contribution in [0.5, 0.6) is 0 Å². The van der Waals surface area contributed by atoms with Gasteiger partial charge in [-0.3, -0.25) is 4.98 Å². The molecule has 2 heterocycles. The van der Waals surface area contributed by atoms with Gasteiger partial charge in [-0.15, -0.1) is 0 Å². The fourth-order valence-corrected chi connectivity index (χ4v) is 7.30. The average molecular weight is 573 g/mol. The van der Waals surface area contributed by atoms with Gasteiger partial charge in [0.25, 0.3) is 0 Å². The van der Waals surface area contributed by atoms with Crippen LogP contribution in [0, 0.1) is 0 Å². The van der Waals surface area contributed by atoms with Gasteiger partial charge in [0.2, 0.25) is 0 Å². The predicted molar refractivity (Wildman–Crippen MR) is 188 cm³/mol. The molecule has 3 heteroatoms. The van der Waals surface area contributed by atoms with Crippen LogP contribution in [-0.2, 0) is 0 Å². The van der Waals surface area contributed by atoms with Crippen molar-refractivity contribution < 1.29 is 4.42 Å². The zero-order valence-corrected chi connectivity index (χ0v) is 24.2. The summed E-state index contributed by atoms with van der Waals surface area (Å²) in [4.78, 5) is 10.3. The van der Waals surface area contributed by atoms with Crippen LogP contribution < -0.4 is 0 Å². The molecule has 0 amide bonds. The van der Waals surface area contributed by atoms with Gasteiger partial charge in [0.05, 0.1) is 22.9 Å². The molecule has 0 aliphatic carbocycles. The van der Waals surface area contributed by atoms with Gasteiger partial charge >= 0.3 is 0 Å². The number of para-hydroxylation sites is 1. The van der Waals surface area contributed by atoms with Crippen molar-refractivity contribution >= 4 is 76.1 Å². The van der Waals surface area contributed by atoms with Crippen LogP contribution in [0.2, 0.25) is 0 Å². The molecule has 10 aromatic rings. The van der Waals surface area contributed by atoms with Gasteiger partial charge in [-0.1, -0.05) is 133 Å². The molecule has 2 aromatic heterocycles. The van der Waals surface area contributed by atoms with E-state index < -0.39 is 0 Å². The molecule has 0 aliphatic rings. The number of hydrogen-bond acceptors (Lipinski definition) is 3. The van der Waals surface area contributed by atoms with Crippen molar-refractivity contribution in [2.24, 2.45) is 0 Å². The maximum absolute atomic E-state index is 6.61. The third-order valence-electron chi connectivity index (χ3n) is 9.30. The Bertz CT molecular complexity index is 2790. The van der Waals surface area contributed by atoms with Crippen molar-refractivity contribution in [1.82, 2.24) is 9.97 Å². The van der Waals surface area contributed by atoms with E-state index in [2.05, 4.69) is 140 Å². The normalized spacial score (nSPS) is 12.0. The SMILES string of the molecule is c1ccc2c(c1)ccc1oc3c(-c4cccc5c(-c6cnc7c8ccccc8c8ccccc8c7n6)cccc45)cccc3c12. The number of aromatic nitrogens is 2. The number of nitrogens with zero attached hydrogens (tertiary/aromatic N) is 2. The van der Waals surface area contributed by atoms with E-state index in [1.165, 1.54) is 21.5 Å². The molecule has 45 heavy (non-hydrogen) atoms. The molecular weight excluding hydrogens is 548 g/mol. The van der Waals surface area contributed by atoms with E-state index in [0.29, 0.717) is 0 Å². The van der Waals surface area contributed by atoms with Gasteiger partial charge in [0.15, 0.2) is 0 Å². The smallest absolute Gasteiger partial charge is 0.143 e. The Balaban J connectivity index is 1.22. The molecule has 0 unspecified atom stereocenters. The monoisotopic (exact) mass is 572 g/mol. The minimum Gasteiger partial charge on any atom is -0.455 e. The maximum atomic E-state index is 6.61. The molecule has 0 fully saturated rings. The van der Waals surface area contributed by atoms with Crippen molar-refractivity contribution in [2.45, 2.75) is 0 Å². The van der Waals surface area contributed by atoms with Gasteiger partial charge in [-0.25, -0.2) is 4.98 Å². The van der Waals surface area contributed by atoms with Crippen LogP contribution in [0.25, 0.3) is 98.4 Å². The number of hydrogen-bond donors (Lipinski definition) is 0. The Kier molecular flexibility index (Phi) is 5.00. The van der Waals surface area contributed by atoms with Crippen LogP contribution >= 0.6 is 0 Å². The van der Waals surface area contributed by atoms with Gasteiger partial charge in [-0.2, -0.15) is 0 Å². The van der Waals surface area contributed by atoms with Crippen molar-refractivity contribution in [1.29, 1.82) is 0 Å². The third kappa shape index (κ3) is 3.46. The lowest BCUT2D eigenvalue weighted by Crippen LogP contribution is -1.93. The van der Waals surface area contributed by atoms with Crippen LogP contribution in [0.3, 0.4) is 0 Å². The Morgan fingerprint density at radius 3 is 1.76 bits per heavy atom. The summed E-state index contributed by atoms with van der Waals surface area (Å²) in [5.41, 5.74) is 7.80. The van der Waals surface area contributed by atoms with E-state index in [1.54, 1.807) is 0 Å². The zero-order chi connectivity index (χ0) is 29.5. The highest BCUT2D eigenvalue weighted by Gasteiger charge is 2.18. The predicted octanol–water partition coefficient (Wildman–Crippen LogP) is 11.5. The van der Waals surface area contributed by atoms with E-state index in [9.17, 15) is 0 Å². The van der Waals surface area contributed by atoms with Crippen molar-refractivity contribution in [3.05, 3.63) is 146 Å². The lowest BCUT2D eigenvalue weighted by molar-refractivity contribution is 0.670. The summed E-state index contributed by atoms with van der Waals surface area (Å²) >= 11 is 0. The van der Waals surface area contributed by atoms with Crippen molar-refractivity contribution in [2.75, 3.05) is 0 Å². The number of fused-ring (bicyclic) bond motifs is 12. The van der Waals surface area contributed by atoms with Crippen molar-refractivity contribution in [3.8, 4) is 22.4 Å². The zero-order valence-electron chi connectivity index (χ0n) is 24.2. The Morgan fingerprint density at radius 2 is 0.978 bits per heavy atom. The van der Waals surface area contributed by atoms with Gasteiger partial charge < -0.3 is 4.42 Å². The second-order valence-electron chi connectivity index (χ2n) is 11.7.